The van der Waals surface area contributed by atoms with E-state index in [9.17, 15) is 4.79 Å². The number of aryl methyl sites for hydroxylation is 2. The van der Waals surface area contributed by atoms with E-state index >= 15 is 0 Å². The quantitative estimate of drug-likeness (QED) is 0.467. The molecule has 1 amide bonds. The number of aromatic nitrogens is 2. The summed E-state index contributed by atoms with van der Waals surface area (Å²) >= 11 is 1.70. The first kappa shape index (κ1) is 24.3. The number of hydrogen-bond acceptors (Lipinski definition) is 7. The third kappa shape index (κ3) is 5.27. The highest BCUT2D eigenvalue weighted by Gasteiger charge is 2.27. The van der Waals surface area contributed by atoms with Crippen LogP contribution in [0.4, 0.5) is 10.6 Å². The topological polar surface area (TPSA) is 67.8 Å². The minimum atomic E-state index is -0.500. The highest BCUT2D eigenvalue weighted by molar-refractivity contribution is 7.19. The summed E-state index contributed by atoms with van der Waals surface area (Å²) in [6.45, 7) is 15.2. The molecule has 1 aliphatic heterocycles. The van der Waals surface area contributed by atoms with E-state index in [1.165, 1.54) is 10.4 Å². The number of anilines is 1. The van der Waals surface area contributed by atoms with Gasteiger partial charge in [0.25, 0.3) is 0 Å². The van der Waals surface area contributed by atoms with E-state index in [0.29, 0.717) is 26.2 Å². The third-order valence-corrected chi connectivity index (χ3v) is 6.72. The molecule has 1 aliphatic rings. The molecule has 0 radical (unpaired) electrons. The Kier molecular flexibility index (Phi) is 6.98. The van der Waals surface area contributed by atoms with Gasteiger partial charge >= 0.3 is 6.09 Å². The van der Waals surface area contributed by atoms with Gasteiger partial charge in [0.1, 0.15) is 27.8 Å². The van der Waals surface area contributed by atoms with Gasteiger partial charge in [-0.2, -0.15) is 0 Å². The highest BCUT2D eigenvalue weighted by atomic mass is 32.1. The molecule has 0 saturated carbocycles. The van der Waals surface area contributed by atoms with E-state index in [1.807, 2.05) is 51.7 Å². The Morgan fingerprint density at radius 1 is 1.06 bits per heavy atom. The maximum absolute atomic E-state index is 12.6. The Hall–Kier alpha value is -2.87. The van der Waals surface area contributed by atoms with Crippen molar-refractivity contribution >= 4 is 33.5 Å². The number of nitrogens with zero attached hydrogens (tertiary/aromatic N) is 4. The summed E-state index contributed by atoms with van der Waals surface area (Å²) in [6.07, 6.45) is 0.602. The largest absolute Gasteiger partial charge is 0.494 e. The molecule has 182 valence electrons. The fraction of sp³-hybridized carbons (Fsp3) is 0.500. The van der Waals surface area contributed by atoms with Gasteiger partial charge in [-0.3, -0.25) is 0 Å². The number of amides is 1. The second-order valence-electron chi connectivity index (χ2n) is 9.57. The van der Waals surface area contributed by atoms with E-state index in [4.69, 9.17) is 19.4 Å². The van der Waals surface area contributed by atoms with Crippen molar-refractivity contribution in [3.05, 3.63) is 35.0 Å². The predicted octanol–water partition coefficient (Wildman–Crippen LogP) is 5.82. The molecule has 2 aromatic heterocycles. The molecule has 0 N–H and O–H groups in total. The Morgan fingerprint density at radius 2 is 1.79 bits per heavy atom. The lowest BCUT2D eigenvalue weighted by Gasteiger charge is -2.27. The van der Waals surface area contributed by atoms with Gasteiger partial charge in [0.2, 0.25) is 0 Å². The van der Waals surface area contributed by atoms with Crippen LogP contribution in [0.3, 0.4) is 0 Å². The molecule has 0 aliphatic carbocycles. The second kappa shape index (κ2) is 9.78. The summed E-state index contributed by atoms with van der Waals surface area (Å²) in [5.41, 5.74) is 1.80. The van der Waals surface area contributed by atoms with E-state index < -0.39 is 5.60 Å². The van der Waals surface area contributed by atoms with Crippen LogP contribution in [-0.2, 0) is 4.74 Å². The van der Waals surface area contributed by atoms with Gasteiger partial charge in [-0.1, -0.05) is 12.1 Å². The Bertz CT molecular complexity index is 1170. The molecule has 1 saturated heterocycles. The van der Waals surface area contributed by atoms with E-state index in [2.05, 4.69) is 24.0 Å². The van der Waals surface area contributed by atoms with Crippen molar-refractivity contribution in [2.45, 2.75) is 53.6 Å². The standard InChI is InChI=1S/C26H34N4O3S/c1-7-32-20-11-9-19(10-12-20)21-17(2)34-24-22(21)23(27-18(3)28-24)29-13-8-14-30(16-15-29)25(31)33-26(4,5)6/h9-12H,7-8,13-16H2,1-6H3. The van der Waals surface area contributed by atoms with Gasteiger partial charge in [-0.05, 0) is 65.7 Å². The minimum absolute atomic E-state index is 0.250. The first-order valence-corrected chi connectivity index (χ1v) is 12.7. The number of ether oxygens (including phenoxy) is 2. The van der Waals surface area contributed by atoms with Crippen LogP contribution in [0.5, 0.6) is 5.75 Å². The lowest BCUT2D eigenvalue weighted by Crippen LogP contribution is -2.39. The van der Waals surface area contributed by atoms with Crippen LogP contribution in [0.25, 0.3) is 21.3 Å². The second-order valence-corrected chi connectivity index (χ2v) is 10.8. The zero-order chi connectivity index (χ0) is 24.5. The van der Waals surface area contributed by atoms with E-state index in [0.717, 1.165) is 46.1 Å². The van der Waals surface area contributed by atoms with Crippen molar-refractivity contribution in [1.29, 1.82) is 0 Å². The van der Waals surface area contributed by atoms with Crippen LogP contribution in [0.15, 0.2) is 24.3 Å². The molecule has 0 spiro atoms. The molecule has 3 heterocycles. The number of benzene rings is 1. The van der Waals surface area contributed by atoms with Gasteiger partial charge < -0.3 is 19.3 Å². The van der Waals surface area contributed by atoms with Crippen LogP contribution in [0.1, 0.15) is 44.8 Å². The zero-order valence-corrected chi connectivity index (χ0v) is 21.8. The van der Waals surface area contributed by atoms with Gasteiger partial charge in [0.15, 0.2) is 0 Å². The molecule has 0 atom stereocenters. The monoisotopic (exact) mass is 482 g/mol. The molecule has 4 rings (SSSR count). The molecule has 7 nitrogen and oxygen atoms in total. The fourth-order valence-corrected chi connectivity index (χ4v) is 5.38. The van der Waals surface area contributed by atoms with Crippen molar-refractivity contribution in [3.8, 4) is 16.9 Å². The zero-order valence-electron chi connectivity index (χ0n) is 21.0. The third-order valence-electron chi connectivity index (χ3n) is 5.72. The first-order valence-electron chi connectivity index (χ1n) is 11.9. The van der Waals surface area contributed by atoms with Crippen LogP contribution in [0, 0.1) is 13.8 Å². The van der Waals surface area contributed by atoms with Crippen LogP contribution in [-0.4, -0.2) is 59.3 Å². The first-order chi connectivity index (χ1) is 16.2. The van der Waals surface area contributed by atoms with Gasteiger partial charge in [-0.25, -0.2) is 14.8 Å². The summed E-state index contributed by atoms with van der Waals surface area (Å²) in [6, 6.07) is 8.24. The fourth-order valence-electron chi connectivity index (χ4n) is 4.30. The molecule has 3 aromatic rings. The van der Waals surface area contributed by atoms with Crippen molar-refractivity contribution in [2.75, 3.05) is 37.7 Å². The average molecular weight is 483 g/mol. The molecule has 0 unspecified atom stereocenters. The molecular weight excluding hydrogens is 448 g/mol. The summed E-state index contributed by atoms with van der Waals surface area (Å²) in [5.74, 6) is 2.57. The molecule has 1 aromatic carbocycles. The molecule has 0 bridgehead atoms. The number of rotatable bonds is 4. The molecular formula is C26H34N4O3S. The van der Waals surface area contributed by atoms with E-state index in [1.54, 1.807) is 11.3 Å². The Balaban J connectivity index is 1.68. The van der Waals surface area contributed by atoms with Crippen molar-refractivity contribution in [2.24, 2.45) is 0 Å². The number of carbonyl (C=O) groups excluding carboxylic acids is 1. The maximum atomic E-state index is 12.6. The molecule has 8 heteroatoms. The van der Waals surface area contributed by atoms with Gasteiger partial charge in [-0.15, -0.1) is 11.3 Å². The lowest BCUT2D eigenvalue weighted by molar-refractivity contribution is 0.0263. The molecule has 34 heavy (non-hydrogen) atoms. The normalized spacial score (nSPS) is 14.9. The average Bonchev–Trinajstić information content (AvgIpc) is 2.93. The minimum Gasteiger partial charge on any atom is -0.494 e. The summed E-state index contributed by atoms with van der Waals surface area (Å²) in [7, 11) is 0. The lowest BCUT2D eigenvalue weighted by atomic mass is 10.0. The summed E-state index contributed by atoms with van der Waals surface area (Å²) in [4.78, 5) is 28.6. The smallest absolute Gasteiger partial charge is 0.410 e. The van der Waals surface area contributed by atoms with Gasteiger partial charge in [0, 0.05) is 36.6 Å². The SMILES string of the molecule is CCOc1ccc(-c2c(C)sc3nc(C)nc(N4CCCN(C(=O)OC(C)(C)C)CC4)c23)cc1. The van der Waals surface area contributed by atoms with Crippen LogP contribution < -0.4 is 9.64 Å². The van der Waals surface area contributed by atoms with Crippen LogP contribution >= 0.6 is 11.3 Å². The van der Waals surface area contributed by atoms with Crippen LogP contribution in [0.2, 0.25) is 0 Å². The van der Waals surface area contributed by atoms with Gasteiger partial charge in [0.05, 0.1) is 12.0 Å². The summed E-state index contributed by atoms with van der Waals surface area (Å²) in [5, 5.41) is 1.09. The van der Waals surface area contributed by atoms with Crippen molar-refractivity contribution < 1.29 is 14.3 Å². The number of thiophene rings is 1. The van der Waals surface area contributed by atoms with Crippen molar-refractivity contribution in [3.63, 3.8) is 0 Å². The maximum Gasteiger partial charge on any atom is 0.410 e. The Morgan fingerprint density at radius 3 is 2.47 bits per heavy atom. The highest BCUT2D eigenvalue weighted by Crippen LogP contribution is 2.42. The molecule has 1 fully saturated rings. The number of carbonyl (C=O) groups is 1. The Labute approximate surface area is 205 Å². The van der Waals surface area contributed by atoms with Crippen molar-refractivity contribution in [1.82, 2.24) is 14.9 Å². The predicted molar refractivity (Wildman–Crippen MR) is 138 cm³/mol. The van der Waals surface area contributed by atoms with E-state index in [-0.39, 0.29) is 6.09 Å². The number of hydrogen-bond donors (Lipinski definition) is 0. The number of fused-ring (bicyclic) bond motifs is 1. The summed E-state index contributed by atoms with van der Waals surface area (Å²) < 4.78 is 11.2.